The highest BCUT2D eigenvalue weighted by Gasteiger charge is 2.25. The molecule has 0 saturated heterocycles. The maximum absolute atomic E-state index is 4.60. The van der Waals surface area contributed by atoms with Crippen LogP contribution in [0.5, 0.6) is 0 Å². The highest BCUT2D eigenvalue weighted by Crippen LogP contribution is 2.32. The van der Waals surface area contributed by atoms with Gasteiger partial charge in [-0.1, -0.05) is 13.8 Å². The van der Waals surface area contributed by atoms with E-state index in [0.29, 0.717) is 6.04 Å². The van der Waals surface area contributed by atoms with Crippen molar-refractivity contribution in [2.24, 2.45) is 16.8 Å². The zero-order chi connectivity index (χ0) is 9.68. The molecule has 0 N–H and O–H groups in total. The van der Waals surface area contributed by atoms with Gasteiger partial charge < -0.3 is 4.89 Å². The Kier molecular flexibility index (Phi) is 4.22. The third-order valence-corrected chi connectivity index (χ3v) is 2.80. The molecule has 0 spiro atoms. The SMILES string of the molecule is COOC=N[C@@H]1CC[C@H](C(C)C)C1. The fourth-order valence-electron chi connectivity index (χ4n) is 1.89. The molecular weight excluding hydrogens is 166 g/mol. The van der Waals surface area contributed by atoms with E-state index in [-0.39, 0.29) is 0 Å². The number of hydrogen-bond acceptors (Lipinski definition) is 3. The Morgan fingerprint density at radius 1 is 1.38 bits per heavy atom. The highest BCUT2D eigenvalue weighted by atomic mass is 17.2. The van der Waals surface area contributed by atoms with Crippen molar-refractivity contribution in [3.63, 3.8) is 0 Å². The summed E-state index contributed by atoms with van der Waals surface area (Å²) in [6.45, 7) is 4.56. The minimum Gasteiger partial charge on any atom is -0.326 e. The number of aliphatic imine (C=N–C) groups is 1. The lowest BCUT2D eigenvalue weighted by Crippen LogP contribution is -2.05. The normalized spacial score (nSPS) is 28.9. The van der Waals surface area contributed by atoms with E-state index in [2.05, 4.69) is 28.6 Å². The van der Waals surface area contributed by atoms with Gasteiger partial charge in [-0.15, -0.1) is 0 Å². The first-order valence-corrected chi connectivity index (χ1v) is 4.95. The van der Waals surface area contributed by atoms with Crippen LogP contribution in [0.25, 0.3) is 0 Å². The van der Waals surface area contributed by atoms with Crippen LogP contribution in [0, 0.1) is 11.8 Å². The molecule has 1 aliphatic carbocycles. The maximum atomic E-state index is 4.60. The van der Waals surface area contributed by atoms with Crippen molar-refractivity contribution in [1.29, 1.82) is 0 Å². The molecule has 0 heterocycles. The Labute approximate surface area is 80.1 Å². The molecule has 1 aliphatic rings. The molecule has 0 bridgehead atoms. The summed E-state index contributed by atoms with van der Waals surface area (Å²) in [5.74, 6) is 1.62. The molecule has 1 saturated carbocycles. The quantitative estimate of drug-likeness (QED) is 0.291. The Balaban J connectivity index is 2.24. The zero-order valence-corrected chi connectivity index (χ0v) is 8.69. The zero-order valence-electron chi connectivity index (χ0n) is 8.69. The largest absolute Gasteiger partial charge is 0.326 e. The number of hydrogen-bond donors (Lipinski definition) is 0. The summed E-state index contributed by atoms with van der Waals surface area (Å²) in [6.07, 6.45) is 5.09. The molecule has 0 aromatic rings. The van der Waals surface area contributed by atoms with Crippen molar-refractivity contribution < 1.29 is 9.78 Å². The first-order chi connectivity index (χ1) is 6.24. The molecule has 2 atom stereocenters. The Morgan fingerprint density at radius 2 is 2.15 bits per heavy atom. The molecule has 0 radical (unpaired) electrons. The number of rotatable bonds is 4. The fourth-order valence-corrected chi connectivity index (χ4v) is 1.89. The van der Waals surface area contributed by atoms with Crippen LogP contribution in [-0.4, -0.2) is 19.6 Å². The molecule has 0 aliphatic heterocycles. The Bertz CT molecular complexity index is 168. The molecule has 1 rings (SSSR count). The van der Waals surface area contributed by atoms with Crippen LogP contribution in [-0.2, 0) is 9.78 Å². The van der Waals surface area contributed by atoms with E-state index >= 15 is 0 Å². The Morgan fingerprint density at radius 3 is 2.69 bits per heavy atom. The van der Waals surface area contributed by atoms with E-state index < -0.39 is 0 Å². The van der Waals surface area contributed by atoms with Gasteiger partial charge in [0.15, 0.2) is 0 Å². The van der Waals surface area contributed by atoms with Crippen LogP contribution in [0.2, 0.25) is 0 Å². The van der Waals surface area contributed by atoms with Gasteiger partial charge in [-0.3, -0.25) is 4.99 Å². The van der Waals surface area contributed by atoms with Crippen molar-refractivity contribution in [2.45, 2.75) is 39.2 Å². The van der Waals surface area contributed by atoms with Crippen molar-refractivity contribution >= 4 is 6.40 Å². The highest BCUT2D eigenvalue weighted by molar-refractivity contribution is 5.45. The van der Waals surface area contributed by atoms with Crippen LogP contribution in [0.4, 0.5) is 0 Å². The van der Waals surface area contributed by atoms with Crippen LogP contribution >= 0.6 is 0 Å². The first-order valence-electron chi connectivity index (χ1n) is 4.95. The van der Waals surface area contributed by atoms with Crippen molar-refractivity contribution in [3.05, 3.63) is 0 Å². The van der Waals surface area contributed by atoms with E-state index in [9.17, 15) is 0 Å². The molecule has 0 unspecified atom stereocenters. The monoisotopic (exact) mass is 185 g/mol. The van der Waals surface area contributed by atoms with Gasteiger partial charge in [0.2, 0.25) is 6.40 Å². The third kappa shape index (κ3) is 3.35. The van der Waals surface area contributed by atoms with Gasteiger partial charge in [-0.05, 0) is 31.1 Å². The van der Waals surface area contributed by atoms with Crippen LogP contribution in [0.3, 0.4) is 0 Å². The standard InChI is InChI=1S/C10H19NO2/c1-8(2)9-4-5-10(6-9)11-7-13-12-3/h7-10H,4-6H2,1-3H3/t9-,10+/m0/s1. The summed E-state index contributed by atoms with van der Waals surface area (Å²) in [6, 6.07) is 0.447. The van der Waals surface area contributed by atoms with E-state index in [1.165, 1.54) is 32.8 Å². The third-order valence-electron chi connectivity index (χ3n) is 2.80. The lowest BCUT2D eigenvalue weighted by atomic mass is 9.94. The predicted octanol–water partition coefficient (Wildman–Crippen LogP) is 2.42. The van der Waals surface area contributed by atoms with Gasteiger partial charge in [0, 0.05) is 0 Å². The molecule has 3 nitrogen and oxygen atoms in total. The molecule has 0 aromatic carbocycles. The second-order valence-electron chi connectivity index (χ2n) is 3.99. The smallest absolute Gasteiger partial charge is 0.215 e. The van der Waals surface area contributed by atoms with Gasteiger partial charge in [0.1, 0.15) is 0 Å². The molecule has 76 valence electrons. The summed E-state index contributed by atoms with van der Waals surface area (Å²) >= 11 is 0. The van der Waals surface area contributed by atoms with Gasteiger partial charge in [0.25, 0.3) is 0 Å². The minimum atomic E-state index is 0.447. The summed E-state index contributed by atoms with van der Waals surface area (Å²) in [4.78, 5) is 13.3. The van der Waals surface area contributed by atoms with Crippen molar-refractivity contribution in [1.82, 2.24) is 0 Å². The summed E-state index contributed by atoms with van der Waals surface area (Å²) in [5.41, 5.74) is 0. The number of nitrogens with zero attached hydrogens (tertiary/aromatic N) is 1. The average Bonchev–Trinajstić information content (AvgIpc) is 2.53. The summed E-state index contributed by atoms with van der Waals surface area (Å²) < 4.78 is 0. The summed E-state index contributed by atoms with van der Waals surface area (Å²) in [7, 11) is 1.48. The first kappa shape index (κ1) is 10.5. The fraction of sp³-hybridized carbons (Fsp3) is 0.900. The molecule has 0 amide bonds. The average molecular weight is 185 g/mol. The van der Waals surface area contributed by atoms with E-state index in [1.54, 1.807) is 0 Å². The topological polar surface area (TPSA) is 30.8 Å². The summed E-state index contributed by atoms with van der Waals surface area (Å²) in [5, 5.41) is 0. The second-order valence-corrected chi connectivity index (χ2v) is 3.99. The Hall–Kier alpha value is -0.570. The molecule has 1 fully saturated rings. The van der Waals surface area contributed by atoms with Crippen LogP contribution < -0.4 is 0 Å². The van der Waals surface area contributed by atoms with E-state index in [1.807, 2.05) is 0 Å². The maximum Gasteiger partial charge on any atom is 0.215 e. The van der Waals surface area contributed by atoms with Gasteiger partial charge in [-0.25, -0.2) is 0 Å². The van der Waals surface area contributed by atoms with Gasteiger partial charge in [0.05, 0.1) is 13.2 Å². The lowest BCUT2D eigenvalue weighted by Gasteiger charge is -2.12. The molecule has 3 heteroatoms. The van der Waals surface area contributed by atoms with Gasteiger partial charge in [-0.2, -0.15) is 4.89 Å². The predicted molar refractivity (Wildman–Crippen MR) is 52.6 cm³/mol. The van der Waals surface area contributed by atoms with Crippen molar-refractivity contribution in [2.75, 3.05) is 7.11 Å². The van der Waals surface area contributed by atoms with Crippen molar-refractivity contribution in [3.8, 4) is 0 Å². The van der Waals surface area contributed by atoms with Gasteiger partial charge >= 0.3 is 0 Å². The molecular formula is C10H19NO2. The second kappa shape index (κ2) is 5.22. The van der Waals surface area contributed by atoms with E-state index in [0.717, 1.165) is 11.8 Å². The van der Waals surface area contributed by atoms with Crippen LogP contribution in [0.15, 0.2) is 4.99 Å². The molecule has 0 aromatic heterocycles. The van der Waals surface area contributed by atoms with E-state index in [4.69, 9.17) is 0 Å². The molecule has 13 heavy (non-hydrogen) atoms. The van der Waals surface area contributed by atoms with Crippen LogP contribution in [0.1, 0.15) is 33.1 Å². The lowest BCUT2D eigenvalue weighted by molar-refractivity contribution is -0.188. The minimum absolute atomic E-state index is 0.447.